The molecule has 4 aromatic rings. The molecule has 0 aliphatic carbocycles. The third-order valence-corrected chi connectivity index (χ3v) is 9.13. The van der Waals surface area contributed by atoms with Crippen molar-refractivity contribution in [3.63, 3.8) is 0 Å². The summed E-state index contributed by atoms with van der Waals surface area (Å²) in [6.45, 7) is 0.417. The molecule has 0 bridgehead atoms. The Hall–Kier alpha value is -3.28. The molecule has 0 unspecified atom stereocenters. The van der Waals surface area contributed by atoms with Crippen molar-refractivity contribution >= 4 is 42.6 Å². The van der Waals surface area contributed by atoms with Crippen LogP contribution in [0.2, 0.25) is 0 Å². The molecule has 0 atom stereocenters. The highest BCUT2D eigenvalue weighted by molar-refractivity contribution is 7.89. The number of nitrogens with zero attached hydrogens (tertiary/aromatic N) is 4. The second kappa shape index (κ2) is 10.00. The summed E-state index contributed by atoms with van der Waals surface area (Å²) in [5.74, 6) is -1.82. The smallest absolute Gasteiger partial charge is 0.245 e. The predicted octanol–water partition coefficient (Wildman–Crippen LogP) is 4.60. The lowest BCUT2D eigenvalue weighted by Gasteiger charge is -2.33. The number of pyridine rings is 1. The van der Waals surface area contributed by atoms with Gasteiger partial charge in [0, 0.05) is 31.4 Å². The maximum absolute atomic E-state index is 14.2. The number of benzene rings is 2. The van der Waals surface area contributed by atoms with Gasteiger partial charge in [0.15, 0.2) is 5.13 Å². The van der Waals surface area contributed by atoms with E-state index in [0.717, 1.165) is 11.6 Å². The van der Waals surface area contributed by atoms with Gasteiger partial charge in [-0.25, -0.2) is 22.2 Å². The van der Waals surface area contributed by atoms with Crippen molar-refractivity contribution in [1.82, 2.24) is 14.3 Å². The molecule has 5 rings (SSSR count). The Morgan fingerprint density at radius 1 is 1.08 bits per heavy atom. The van der Waals surface area contributed by atoms with Gasteiger partial charge in [0.2, 0.25) is 15.9 Å². The summed E-state index contributed by atoms with van der Waals surface area (Å²) < 4.78 is 55.6. The van der Waals surface area contributed by atoms with E-state index in [-0.39, 0.29) is 49.1 Å². The van der Waals surface area contributed by atoms with Crippen LogP contribution in [-0.4, -0.2) is 41.7 Å². The van der Waals surface area contributed by atoms with Gasteiger partial charge in [0.05, 0.1) is 16.8 Å². The van der Waals surface area contributed by atoms with Crippen LogP contribution in [0.1, 0.15) is 18.4 Å². The van der Waals surface area contributed by atoms with Gasteiger partial charge in [-0.1, -0.05) is 29.5 Å². The number of amides is 1. The molecule has 0 radical (unpaired) electrons. The van der Waals surface area contributed by atoms with Crippen LogP contribution in [0, 0.1) is 17.6 Å². The number of hydrogen-bond donors (Lipinski definition) is 0. The van der Waals surface area contributed by atoms with Crippen LogP contribution < -0.4 is 4.90 Å². The maximum Gasteiger partial charge on any atom is 0.245 e. The monoisotopic (exact) mass is 528 g/mol. The van der Waals surface area contributed by atoms with E-state index < -0.39 is 21.8 Å². The quantitative estimate of drug-likeness (QED) is 0.365. The third-order valence-electron chi connectivity index (χ3n) is 6.16. The van der Waals surface area contributed by atoms with E-state index in [2.05, 4.69) is 9.97 Å². The van der Waals surface area contributed by atoms with Crippen LogP contribution in [-0.2, 0) is 21.4 Å². The highest BCUT2D eigenvalue weighted by Gasteiger charge is 2.36. The summed E-state index contributed by atoms with van der Waals surface area (Å²) in [5, 5.41) is 0.436. The fourth-order valence-corrected chi connectivity index (χ4v) is 6.80. The second-order valence-corrected chi connectivity index (χ2v) is 11.4. The molecule has 36 heavy (non-hydrogen) atoms. The topological polar surface area (TPSA) is 83.5 Å². The van der Waals surface area contributed by atoms with Crippen LogP contribution >= 0.6 is 11.3 Å². The van der Waals surface area contributed by atoms with Gasteiger partial charge in [0.1, 0.15) is 16.5 Å². The number of hydrogen-bond acceptors (Lipinski definition) is 6. The molecule has 7 nitrogen and oxygen atoms in total. The lowest BCUT2D eigenvalue weighted by Crippen LogP contribution is -2.44. The number of thiazole rings is 1. The van der Waals surface area contributed by atoms with Crippen LogP contribution in [0.25, 0.3) is 10.2 Å². The van der Waals surface area contributed by atoms with E-state index in [1.807, 2.05) is 6.07 Å². The van der Waals surface area contributed by atoms with Crippen molar-refractivity contribution in [2.45, 2.75) is 24.3 Å². The van der Waals surface area contributed by atoms with Crippen LogP contribution in [0.4, 0.5) is 13.9 Å². The Morgan fingerprint density at radius 3 is 2.58 bits per heavy atom. The van der Waals surface area contributed by atoms with E-state index >= 15 is 0 Å². The summed E-state index contributed by atoms with van der Waals surface area (Å²) in [7, 11) is -4.00. The number of piperidine rings is 1. The zero-order valence-electron chi connectivity index (χ0n) is 19.0. The molecule has 3 heterocycles. The molecule has 1 saturated heterocycles. The van der Waals surface area contributed by atoms with Crippen LogP contribution in [0.3, 0.4) is 0 Å². The average Bonchev–Trinajstić information content (AvgIpc) is 3.30. The number of aromatic nitrogens is 2. The summed E-state index contributed by atoms with van der Waals surface area (Å²) in [6.07, 6.45) is 3.88. The first-order valence-electron chi connectivity index (χ1n) is 11.3. The predicted molar refractivity (Wildman–Crippen MR) is 133 cm³/mol. The van der Waals surface area contributed by atoms with Crippen molar-refractivity contribution in [3.05, 3.63) is 84.2 Å². The first-order chi connectivity index (χ1) is 17.3. The molecule has 1 amide bonds. The minimum atomic E-state index is -4.00. The zero-order chi connectivity index (χ0) is 25.3. The molecule has 2 aromatic heterocycles. The number of carbonyl (C=O) groups is 1. The highest BCUT2D eigenvalue weighted by atomic mass is 32.2. The summed E-state index contributed by atoms with van der Waals surface area (Å²) in [5.41, 5.74) is 1.39. The molecule has 1 aliphatic rings. The number of halogens is 2. The van der Waals surface area contributed by atoms with E-state index in [0.29, 0.717) is 15.3 Å². The Balaban J connectivity index is 1.38. The molecule has 2 aromatic carbocycles. The normalized spacial score (nSPS) is 15.3. The van der Waals surface area contributed by atoms with Crippen molar-refractivity contribution < 1.29 is 22.0 Å². The van der Waals surface area contributed by atoms with Gasteiger partial charge in [-0.3, -0.25) is 14.7 Å². The lowest BCUT2D eigenvalue weighted by atomic mass is 9.96. The number of fused-ring (bicyclic) bond motifs is 1. The molecular formula is C25H22F2N4O3S2. The zero-order valence-corrected chi connectivity index (χ0v) is 20.7. The molecule has 11 heteroatoms. The fourth-order valence-electron chi connectivity index (χ4n) is 4.27. The Bertz CT molecular complexity index is 1500. The molecule has 0 saturated carbocycles. The first kappa shape index (κ1) is 24.4. The van der Waals surface area contributed by atoms with Crippen LogP contribution in [0.15, 0.2) is 71.9 Å². The standard InChI is InChI=1S/C25H22F2N4O3S2/c26-19-7-8-21-22(14-19)35-25(29-21)31(16-17-4-3-11-28-15-17)24(32)18-9-12-30(13-10-18)36(33,34)23-6-2-1-5-20(23)27/h1-8,11,14-15,18H,9-10,12-13,16H2. The van der Waals surface area contributed by atoms with Crippen molar-refractivity contribution in [3.8, 4) is 0 Å². The summed E-state index contributed by atoms with van der Waals surface area (Å²) >= 11 is 1.22. The summed E-state index contributed by atoms with van der Waals surface area (Å²) in [6, 6.07) is 13.2. The number of anilines is 1. The lowest BCUT2D eigenvalue weighted by molar-refractivity contribution is -0.123. The SMILES string of the molecule is O=C(C1CCN(S(=O)(=O)c2ccccc2F)CC1)N(Cc1cccnc1)c1nc2ccc(F)cc2s1. The molecule has 1 aliphatic heterocycles. The minimum Gasteiger partial charge on any atom is -0.283 e. The number of sulfonamides is 1. The molecule has 0 N–H and O–H groups in total. The van der Waals surface area contributed by atoms with Crippen molar-refractivity contribution in [2.75, 3.05) is 18.0 Å². The van der Waals surface area contributed by atoms with Gasteiger partial charge in [0.25, 0.3) is 0 Å². The van der Waals surface area contributed by atoms with Crippen LogP contribution in [0.5, 0.6) is 0 Å². The fraction of sp³-hybridized carbons (Fsp3) is 0.240. The number of carbonyl (C=O) groups excluding carboxylic acids is 1. The first-order valence-corrected chi connectivity index (χ1v) is 13.6. The maximum atomic E-state index is 14.2. The largest absolute Gasteiger partial charge is 0.283 e. The van der Waals surface area contributed by atoms with Gasteiger partial charge in [-0.05, 0) is 54.8 Å². The average molecular weight is 529 g/mol. The molecule has 0 spiro atoms. The van der Waals surface area contributed by atoms with Gasteiger partial charge in [-0.15, -0.1) is 0 Å². The molecule has 186 valence electrons. The molecular weight excluding hydrogens is 506 g/mol. The Morgan fingerprint density at radius 2 is 1.86 bits per heavy atom. The summed E-state index contributed by atoms with van der Waals surface area (Å²) in [4.78, 5) is 23.6. The van der Waals surface area contributed by atoms with E-state index in [1.54, 1.807) is 29.4 Å². The second-order valence-electron chi connectivity index (χ2n) is 8.50. The Kier molecular flexibility index (Phi) is 6.78. The Labute approximate surface area is 211 Å². The van der Waals surface area contributed by atoms with E-state index in [4.69, 9.17) is 0 Å². The third kappa shape index (κ3) is 4.86. The van der Waals surface area contributed by atoms with Gasteiger partial charge < -0.3 is 0 Å². The van der Waals surface area contributed by atoms with Crippen molar-refractivity contribution in [1.29, 1.82) is 0 Å². The number of rotatable bonds is 6. The van der Waals surface area contributed by atoms with E-state index in [9.17, 15) is 22.0 Å². The van der Waals surface area contributed by atoms with E-state index in [1.165, 1.54) is 46.0 Å². The van der Waals surface area contributed by atoms with Gasteiger partial charge in [-0.2, -0.15) is 4.31 Å². The minimum absolute atomic E-state index is 0.0961. The van der Waals surface area contributed by atoms with Crippen molar-refractivity contribution in [2.24, 2.45) is 5.92 Å². The highest BCUT2D eigenvalue weighted by Crippen LogP contribution is 2.33. The molecule has 1 fully saturated rings. The van der Waals surface area contributed by atoms with Gasteiger partial charge >= 0.3 is 0 Å².